The number of hydrogen-bond acceptors (Lipinski definition) is 4. The molecule has 1 fully saturated rings. The van der Waals surface area contributed by atoms with Crippen molar-refractivity contribution in [2.45, 2.75) is 24.1 Å². The fraction of sp³-hybridized carbons (Fsp3) is 0.636. The van der Waals surface area contributed by atoms with Crippen molar-refractivity contribution in [3.63, 3.8) is 0 Å². The second-order valence-electron chi connectivity index (χ2n) is 4.59. The molecule has 0 saturated carbocycles. The molecule has 0 amide bonds. The highest BCUT2D eigenvalue weighted by Crippen LogP contribution is 2.26. The Morgan fingerprint density at radius 3 is 2.59 bits per heavy atom. The maximum Gasteiger partial charge on any atom is 0.252 e. The lowest BCUT2D eigenvalue weighted by Crippen LogP contribution is -2.52. The normalized spacial score (nSPS) is 24.1. The summed E-state index contributed by atoms with van der Waals surface area (Å²) in [4.78, 5) is 3.20. The minimum atomic E-state index is -3.29. The van der Waals surface area contributed by atoms with Crippen LogP contribution in [0.2, 0.25) is 0 Å². The van der Waals surface area contributed by atoms with Gasteiger partial charge in [-0.25, -0.2) is 8.42 Å². The zero-order valence-corrected chi connectivity index (χ0v) is 12.0. The third-order valence-corrected chi connectivity index (χ3v) is 6.53. The Kier molecular flexibility index (Phi) is 3.58. The first kappa shape index (κ1) is 13.0. The molecule has 0 bridgehead atoms. The Labute approximate surface area is 107 Å². The van der Waals surface area contributed by atoms with Gasteiger partial charge < -0.3 is 4.90 Å². The van der Waals surface area contributed by atoms with Gasteiger partial charge in [0.25, 0.3) is 10.0 Å². The van der Waals surface area contributed by atoms with Gasteiger partial charge >= 0.3 is 0 Å². The molecule has 1 atom stereocenters. The van der Waals surface area contributed by atoms with Gasteiger partial charge in [0.05, 0.1) is 0 Å². The highest BCUT2D eigenvalue weighted by atomic mass is 32.2. The lowest BCUT2D eigenvalue weighted by atomic mass is 10.2. The predicted octanol–water partition coefficient (Wildman–Crippen LogP) is 1.38. The van der Waals surface area contributed by atoms with Gasteiger partial charge in [-0.2, -0.15) is 4.31 Å². The molecule has 0 aliphatic carbocycles. The van der Waals surface area contributed by atoms with Crippen LogP contribution in [0.1, 0.15) is 11.8 Å². The highest BCUT2D eigenvalue weighted by molar-refractivity contribution is 7.91. The molecule has 96 valence electrons. The predicted molar refractivity (Wildman–Crippen MR) is 69.9 cm³/mol. The summed E-state index contributed by atoms with van der Waals surface area (Å²) in [6.45, 7) is 6.07. The van der Waals surface area contributed by atoms with E-state index in [-0.39, 0.29) is 6.04 Å². The second-order valence-corrected chi connectivity index (χ2v) is 8.00. The summed E-state index contributed by atoms with van der Waals surface area (Å²) in [5, 5.41) is 0. The molecule has 2 rings (SSSR count). The Morgan fingerprint density at radius 1 is 1.35 bits per heavy atom. The number of nitrogens with zero attached hydrogens (tertiary/aromatic N) is 2. The minimum absolute atomic E-state index is 0.0427. The molecule has 1 aliphatic rings. The van der Waals surface area contributed by atoms with E-state index in [1.54, 1.807) is 10.4 Å². The van der Waals surface area contributed by atoms with Gasteiger partial charge in [-0.05, 0) is 33.0 Å². The fourth-order valence-electron chi connectivity index (χ4n) is 2.15. The average molecular weight is 274 g/mol. The molecule has 0 aromatic carbocycles. The average Bonchev–Trinajstić information content (AvgIpc) is 2.64. The number of likely N-dealkylation sites (N-methyl/N-ethyl adjacent to an activating group) is 1. The van der Waals surface area contributed by atoms with E-state index >= 15 is 0 Å². The van der Waals surface area contributed by atoms with Gasteiger partial charge in [0.15, 0.2) is 0 Å². The summed E-state index contributed by atoms with van der Waals surface area (Å²) in [6, 6.07) is 3.61. The zero-order chi connectivity index (χ0) is 12.6. The van der Waals surface area contributed by atoms with E-state index in [1.807, 2.05) is 27.0 Å². The largest absolute Gasteiger partial charge is 0.303 e. The first-order valence-corrected chi connectivity index (χ1v) is 7.94. The fourth-order valence-corrected chi connectivity index (χ4v) is 5.17. The minimum Gasteiger partial charge on any atom is -0.303 e. The SMILES string of the molecule is Cc1ccc(S(=O)(=O)N2CCN(C)CC2C)s1. The smallest absolute Gasteiger partial charge is 0.252 e. The van der Waals surface area contributed by atoms with E-state index in [1.165, 1.54) is 11.3 Å². The highest BCUT2D eigenvalue weighted by Gasteiger charge is 2.33. The van der Waals surface area contributed by atoms with Gasteiger partial charge in [-0.1, -0.05) is 0 Å². The van der Waals surface area contributed by atoms with Gasteiger partial charge in [-0.3, -0.25) is 0 Å². The van der Waals surface area contributed by atoms with Crippen molar-refractivity contribution in [1.82, 2.24) is 9.21 Å². The lowest BCUT2D eigenvalue weighted by molar-refractivity contribution is 0.170. The number of aryl methyl sites for hydroxylation is 1. The third kappa shape index (κ3) is 2.54. The summed E-state index contributed by atoms with van der Waals surface area (Å²) in [7, 11) is -1.27. The second kappa shape index (κ2) is 4.68. The van der Waals surface area contributed by atoms with Gasteiger partial charge in [0, 0.05) is 30.6 Å². The number of thiophene rings is 1. The monoisotopic (exact) mass is 274 g/mol. The molecular weight excluding hydrogens is 256 g/mol. The van der Waals surface area contributed by atoms with Crippen molar-refractivity contribution >= 4 is 21.4 Å². The quantitative estimate of drug-likeness (QED) is 0.818. The molecule has 4 nitrogen and oxygen atoms in total. The molecule has 1 aromatic rings. The molecule has 17 heavy (non-hydrogen) atoms. The van der Waals surface area contributed by atoms with Crippen LogP contribution in [0.15, 0.2) is 16.3 Å². The number of piperazine rings is 1. The Hall–Kier alpha value is -0.430. The molecule has 1 aliphatic heterocycles. The van der Waals surface area contributed by atoms with Crippen molar-refractivity contribution in [2.75, 3.05) is 26.7 Å². The standard InChI is InChI=1S/C11H18N2O2S2/c1-9-8-12(3)6-7-13(9)17(14,15)11-5-4-10(2)16-11/h4-5,9H,6-8H2,1-3H3. The van der Waals surface area contributed by atoms with Crippen LogP contribution in [0.5, 0.6) is 0 Å². The molecule has 0 spiro atoms. The zero-order valence-electron chi connectivity index (χ0n) is 10.4. The molecule has 2 heterocycles. The molecule has 1 saturated heterocycles. The van der Waals surface area contributed by atoms with Gasteiger partial charge in [-0.15, -0.1) is 11.3 Å². The summed E-state index contributed by atoms with van der Waals surface area (Å²) >= 11 is 1.35. The number of sulfonamides is 1. The number of hydrogen-bond donors (Lipinski definition) is 0. The van der Waals surface area contributed by atoms with E-state index in [9.17, 15) is 8.42 Å². The molecule has 1 aromatic heterocycles. The summed E-state index contributed by atoms with van der Waals surface area (Å²) < 4.78 is 27.0. The third-order valence-electron chi connectivity index (χ3n) is 3.05. The van der Waals surface area contributed by atoms with E-state index in [0.29, 0.717) is 10.8 Å². The van der Waals surface area contributed by atoms with Crippen molar-refractivity contribution in [3.05, 3.63) is 17.0 Å². The maximum absolute atomic E-state index is 12.4. The van der Waals surface area contributed by atoms with Crippen molar-refractivity contribution in [1.29, 1.82) is 0 Å². The Balaban J connectivity index is 2.27. The first-order chi connectivity index (χ1) is 7.91. The molecule has 1 unspecified atom stereocenters. The van der Waals surface area contributed by atoms with Crippen LogP contribution in [0.3, 0.4) is 0 Å². The van der Waals surface area contributed by atoms with Gasteiger partial charge in [0.2, 0.25) is 0 Å². The van der Waals surface area contributed by atoms with Gasteiger partial charge in [0.1, 0.15) is 4.21 Å². The summed E-state index contributed by atoms with van der Waals surface area (Å²) in [5.41, 5.74) is 0. The van der Waals surface area contributed by atoms with Crippen LogP contribution in [-0.4, -0.2) is 50.3 Å². The molecule has 0 radical (unpaired) electrons. The maximum atomic E-state index is 12.4. The van der Waals surface area contributed by atoms with E-state index in [4.69, 9.17) is 0 Å². The summed E-state index contributed by atoms with van der Waals surface area (Å²) in [5.74, 6) is 0. The van der Waals surface area contributed by atoms with Crippen LogP contribution in [0.4, 0.5) is 0 Å². The van der Waals surface area contributed by atoms with E-state index < -0.39 is 10.0 Å². The lowest BCUT2D eigenvalue weighted by Gasteiger charge is -2.36. The van der Waals surface area contributed by atoms with Crippen LogP contribution in [0.25, 0.3) is 0 Å². The van der Waals surface area contributed by atoms with Crippen LogP contribution < -0.4 is 0 Å². The summed E-state index contributed by atoms with van der Waals surface area (Å²) in [6.07, 6.45) is 0. The molecule has 0 N–H and O–H groups in total. The Morgan fingerprint density at radius 2 is 2.06 bits per heavy atom. The Bertz CT molecular complexity index is 495. The van der Waals surface area contributed by atoms with E-state index in [2.05, 4.69) is 4.90 Å². The first-order valence-electron chi connectivity index (χ1n) is 5.68. The van der Waals surface area contributed by atoms with Crippen molar-refractivity contribution in [2.24, 2.45) is 0 Å². The molecular formula is C11H18N2O2S2. The number of rotatable bonds is 2. The topological polar surface area (TPSA) is 40.6 Å². The molecule has 6 heteroatoms. The van der Waals surface area contributed by atoms with Crippen molar-refractivity contribution in [3.8, 4) is 0 Å². The van der Waals surface area contributed by atoms with E-state index in [0.717, 1.165) is 18.0 Å². The van der Waals surface area contributed by atoms with Crippen LogP contribution in [-0.2, 0) is 10.0 Å². The van der Waals surface area contributed by atoms with Crippen LogP contribution in [0, 0.1) is 6.92 Å². The van der Waals surface area contributed by atoms with Crippen molar-refractivity contribution < 1.29 is 8.42 Å². The van der Waals surface area contributed by atoms with Crippen LogP contribution >= 0.6 is 11.3 Å².